The summed E-state index contributed by atoms with van der Waals surface area (Å²) in [5.74, 6) is -0.196. The lowest BCUT2D eigenvalue weighted by Gasteiger charge is -2.32. The Morgan fingerprint density at radius 1 is 0.656 bits per heavy atom. The van der Waals surface area contributed by atoms with Crippen LogP contribution < -0.4 is 21.3 Å². The maximum Gasteiger partial charge on any atom is 0.245 e. The molecule has 0 bridgehead atoms. The van der Waals surface area contributed by atoms with Crippen LogP contribution >= 0.6 is 0 Å². The second kappa shape index (κ2) is 19.8. The number of halogens is 2. The van der Waals surface area contributed by atoms with Crippen molar-refractivity contribution in [1.29, 1.82) is 0 Å². The molecular formula is C45H64F2N10O4. The van der Waals surface area contributed by atoms with Gasteiger partial charge in [0.25, 0.3) is 0 Å². The van der Waals surface area contributed by atoms with Gasteiger partial charge in [-0.15, -0.1) is 0 Å². The number of amides is 4. The van der Waals surface area contributed by atoms with Gasteiger partial charge in [0, 0.05) is 63.2 Å². The zero-order chi connectivity index (χ0) is 44.1. The monoisotopic (exact) mass is 847 g/mol. The van der Waals surface area contributed by atoms with Crippen molar-refractivity contribution in [2.24, 2.45) is 11.8 Å². The highest BCUT2D eigenvalue weighted by atomic mass is 19.1. The third-order valence-electron chi connectivity index (χ3n) is 12.6. The molecule has 0 unspecified atom stereocenters. The highest BCUT2D eigenvalue weighted by molar-refractivity contribution is 5.91. The Morgan fingerprint density at radius 3 is 1.41 bits per heavy atom. The van der Waals surface area contributed by atoms with Crippen molar-refractivity contribution in [1.82, 2.24) is 50.2 Å². The van der Waals surface area contributed by atoms with E-state index in [-0.39, 0.29) is 59.2 Å². The van der Waals surface area contributed by atoms with Crippen molar-refractivity contribution < 1.29 is 28.0 Å². The van der Waals surface area contributed by atoms with Crippen LogP contribution in [0, 0.1) is 23.5 Å². The fourth-order valence-electron chi connectivity index (χ4n) is 8.76. The van der Waals surface area contributed by atoms with Gasteiger partial charge in [-0.25, -0.2) is 18.7 Å². The van der Waals surface area contributed by atoms with Gasteiger partial charge in [-0.05, 0) is 96.1 Å². The fraction of sp³-hybridized carbons (Fsp3) is 0.600. The third-order valence-corrected chi connectivity index (χ3v) is 12.6. The molecule has 61 heavy (non-hydrogen) atoms. The molecule has 0 aliphatic carbocycles. The summed E-state index contributed by atoms with van der Waals surface area (Å²) in [7, 11) is 3.41. The van der Waals surface area contributed by atoms with Gasteiger partial charge in [0.15, 0.2) is 0 Å². The lowest BCUT2D eigenvalue weighted by atomic mass is 10.0. The molecule has 2 fully saturated rings. The van der Waals surface area contributed by atoms with Gasteiger partial charge >= 0.3 is 0 Å². The summed E-state index contributed by atoms with van der Waals surface area (Å²) in [6.45, 7) is 13.3. The van der Waals surface area contributed by atoms with Crippen LogP contribution in [0.25, 0.3) is 22.1 Å². The first-order chi connectivity index (χ1) is 29.1. The van der Waals surface area contributed by atoms with E-state index < -0.39 is 24.2 Å². The highest BCUT2D eigenvalue weighted by Crippen LogP contribution is 2.28. The summed E-state index contributed by atoms with van der Waals surface area (Å²) >= 11 is 0. The van der Waals surface area contributed by atoms with Crippen LogP contribution in [-0.2, 0) is 45.1 Å². The number of aryl methyl sites for hydroxylation is 2. The van der Waals surface area contributed by atoms with Gasteiger partial charge in [0.2, 0.25) is 23.6 Å². The maximum atomic E-state index is 14.6. The highest BCUT2D eigenvalue weighted by Gasteiger charge is 2.38. The first-order valence-electron chi connectivity index (χ1n) is 22.0. The van der Waals surface area contributed by atoms with Gasteiger partial charge in [-0.2, -0.15) is 0 Å². The number of hydrogen-bond donors (Lipinski definition) is 4. The van der Waals surface area contributed by atoms with Crippen molar-refractivity contribution >= 4 is 45.7 Å². The first-order valence-corrected chi connectivity index (χ1v) is 22.0. The Bertz CT molecular complexity index is 2050. The predicted molar refractivity (Wildman–Crippen MR) is 231 cm³/mol. The second-order valence-electron chi connectivity index (χ2n) is 17.5. The number of aromatic nitrogens is 4. The number of nitrogens with zero attached hydrogens (tertiary/aromatic N) is 6. The molecule has 0 saturated carbocycles. The van der Waals surface area contributed by atoms with E-state index in [1.165, 1.54) is 24.3 Å². The summed E-state index contributed by atoms with van der Waals surface area (Å²) < 4.78 is 33.3. The molecule has 2 aliphatic rings. The molecule has 16 heteroatoms. The van der Waals surface area contributed by atoms with Crippen LogP contribution in [0.5, 0.6) is 0 Å². The summed E-state index contributed by atoms with van der Waals surface area (Å²) in [6, 6.07) is 6.63. The molecule has 4 N–H and O–H groups in total. The number of fused-ring (bicyclic) bond motifs is 2. The molecule has 332 valence electrons. The molecule has 2 aromatic carbocycles. The third kappa shape index (κ3) is 10.2. The molecule has 4 heterocycles. The average molecular weight is 847 g/mol. The van der Waals surface area contributed by atoms with Gasteiger partial charge in [-0.3, -0.25) is 19.2 Å². The minimum absolute atomic E-state index is 0.114. The predicted octanol–water partition coefficient (Wildman–Crippen LogP) is 4.32. The maximum absolute atomic E-state index is 14.6. The van der Waals surface area contributed by atoms with E-state index in [4.69, 9.17) is 9.97 Å². The molecule has 2 aliphatic heterocycles. The largest absolute Gasteiger partial charge is 0.343 e. The molecule has 6 rings (SSSR count). The number of hydrogen-bond acceptors (Lipinski definition) is 8. The molecular weight excluding hydrogens is 783 g/mol. The standard InChI is InChI=1S/C45H64F2N10O4/c1-26(2)40(52-42(58)28(5)48-7)44(60)54-20-10-12-32(54)24-56-36-18-16-30(46)22-34(36)50-38(56)14-9-15-39-51-35-23-31(47)17-19-37(35)57(39)25-33-13-11-21-55(33)45(61)41(27(3)4)53-43(59)29(6)49-8/h16-19,22-23,26-29,32-33,40-41,48-49H,9-15,20-21,24-25H2,1-8H3,(H,52,58)(H,53,59)/t28-,29-,32+,33+,40-,41-/m1/s1. The van der Waals surface area contributed by atoms with Crippen LogP contribution in [0.2, 0.25) is 0 Å². The van der Waals surface area contributed by atoms with E-state index >= 15 is 0 Å². The zero-order valence-electron chi connectivity index (χ0n) is 36.9. The Labute approximate surface area is 357 Å². The number of likely N-dealkylation sites (N-methyl/N-ethyl adjacent to an activating group) is 2. The van der Waals surface area contributed by atoms with Crippen molar-refractivity contribution in [3.8, 4) is 0 Å². The van der Waals surface area contributed by atoms with Crippen molar-refractivity contribution in [2.75, 3.05) is 27.2 Å². The molecule has 4 aromatic rings. The number of imidazole rings is 2. The molecule has 6 atom stereocenters. The number of rotatable bonds is 18. The fourth-order valence-corrected chi connectivity index (χ4v) is 8.76. The van der Waals surface area contributed by atoms with Crippen molar-refractivity contribution in [3.63, 3.8) is 0 Å². The number of likely N-dealkylation sites (tertiary alicyclic amines) is 2. The molecule has 0 spiro atoms. The van der Waals surface area contributed by atoms with Crippen molar-refractivity contribution in [2.45, 2.75) is 136 Å². The number of carbonyl (C=O) groups is 4. The topological polar surface area (TPSA) is 159 Å². The van der Waals surface area contributed by atoms with Crippen LogP contribution in [0.15, 0.2) is 36.4 Å². The van der Waals surface area contributed by atoms with E-state index in [1.54, 1.807) is 40.1 Å². The molecule has 2 aromatic heterocycles. The molecule has 4 amide bonds. The number of carbonyl (C=O) groups excluding carboxylic acids is 4. The Morgan fingerprint density at radius 2 is 1.05 bits per heavy atom. The van der Waals surface area contributed by atoms with Crippen LogP contribution in [0.4, 0.5) is 8.78 Å². The van der Waals surface area contributed by atoms with E-state index in [0.717, 1.165) is 48.4 Å². The normalized spacial score (nSPS) is 19.0. The van der Waals surface area contributed by atoms with Gasteiger partial charge in [-0.1, -0.05) is 27.7 Å². The smallest absolute Gasteiger partial charge is 0.245 e. The van der Waals surface area contributed by atoms with Crippen LogP contribution in [0.3, 0.4) is 0 Å². The second-order valence-corrected chi connectivity index (χ2v) is 17.5. The van der Waals surface area contributed by atoms with Crippen LogP contribution in [0.1, 0.15) is 85.3 Å². The number of nitrogens with one attached hydrogen (secondary N) is 4. The summed E-state index contributed by atoms with van der Waals surface area (Å²) in [5.41, 5.74) is 2.61. The van der Waals surface area contributed by atoms with E-state index in [9.17, 15) is 28.0 Å². The van der Waals surface area contributed by atoms with E-state index in [1.807, 2.05) is 37.5 Å². The molecule has 14 nitrogen and oxygen atoms in total. The Hall–Kier alpha value is -4.96. The van der Waals surface area contributed by atoms with Crippen molar-refractivity contribution in [3.05, 3.63) is 59.7 Å². The van der Waals surface area contributed by atoms with Gasteiger partial charge in [0.05, 0.1) is 34.2 Å². The summed E-state index contributed by atoms with van der Waals surface area (Å²) in [5, 5.41) is 11.8. The molecule has 0 radical (unpaired) electrons. The molecule has 2 saturated heterocycles. The zero-order valence-corrected chi connectivity index (χ0v) is 36.9. The SMILES string of the molecule is CN[C@H](C)C(=O)N[C@@H](C(=O)N1CCC[C@H]1Cn1c(CCCc2nc3cc(F)ccc3n2C[C@@H]2CCCN2C(=O)[C@H](NC(=O)[C@@H](C)NC)C(C)C)nc2cc(F)ccc21)C(C)C. The Kier molecular flexibility index (Phi) is 14.8. The number of benzene rings is 2. The average Bonchev–Trinajstić information content (AvgIpc) is 4.03. The van der Waals surface area contributed by atoms with Gasteiger partial charge in [0.1, 0.15) is 35.4 Å². The lowest BCUT2D eigenvalue weighted by molar-refractivity contribution is -0.139. The summed E-state index contributed by atoms with van der Waals surface area (Å²) in [4.78, 5) is 67.4. The summed E-state index contributed by atoms with van der Waals surface area (Å²) in [6.07, 6.45) is 4.86. The first kappa shape index (κ1) is 45.6. The van der Waals surface area contributed by atoms with E-state index in [0.29, 0.717) is 56.5 Å². The van der Waals surface area contributed by atoms with Gasteiger partial charge < -0.3 is 40.2 Å². The minimum atomic E-state index is -0.677. The van der Waals surface area contributed by atoms with Crippen LogP contribution in [-0.4, -0.2) is 116 Å². The minimum Gasteiger partial charge on any atom is -0.343 e. The quantitative estimate of drug-likeness (QED) is 0.115. The van der Waals surface area contributed by atoms with E-state index in [2.05, 4.69) is 30.4 Å². The Balaban J connectivity index is 1.22. The lowest BCUT2D eigenvalue weighted by Crippen LogP contribution is -2.55.